The minimum atomic E-state index is 0.373. The van der Waals surface area contributed by atoms with Gasteiger partial charge in [-0.1, -0.05) is 24.3 Å². The van der Waals surface area contributed by atoms with Crippen molar-refractivity contribution in [2.45, 2.75) is 25.8 Å². The normalized spacial score (nSPS) is 31.4. The second-order valence-corrected chi connectivity index (χ2v) is 6.61. The molecule has 3 nitrogen and oxygen atoms in total. The van der Waals surface area contributed by atoms with E-state index in [1.807, 2.05) is 0 Å². The van der Waals surface area contributed by atoms with Crippen LogP contribution in [0.4, 0.5) is 0 Å². The van der Waals surface area contributed by atoms with Crippen LogP contribution in [0, 0.1) is 11.8 Å². The molecule has 0 saturated carbocycles. The van der Waals surface area contributed by atoms with Crippen LogP contribution >= 0.6 is 0 Å². The van der Waals surface area contributed by atoms with Crippen LogP contribution < -0.4 is 0 Å². The third kappa shape index (κ3) is 2.14. The third-order valence-corrected chi connectivity index (χ3v) is 5.39. The summed E-state index contributed by atoms with van der Waals surface area (Å²) in [4.78, 5) is 17.1. The van der Waals surface area contributed by atoms with Crippen LogP contribution in [-0.2, 0) is 17.8 Å². The Balaban J connectivity index is 1.40. The molecule has 3 aliphatic rings. The zero-order valence-electron chi connectivity index (χ0n) is 11.9. The molecule has 1 aromatic rings. The maximum Gasteiger partial charge on any atom is 0.223 e. The molecule has 2 saturated heterocycles. The van der Waals surface area contributed by atoms with E-state index >= 15 is 0 Å². The van der Waals surface area contributed by atoms with Crippen molar-refractivity contribution in [1.82, 2.24) is 9.80 Å². The molecule has 20 heavy (non-hydrogen) atoms. The summed E-state index contributed by atoms with van der Waals surface area (Å²) in [5.41, 5.74) is 2.76. The summed E-state index contributed by atoms with van der Waals surface area (Å²) < 4.78 is 0. The molecule has 3 atom stereocenters. The predicted molar refractivity (Wildman–Crippen MR) is 78.2 cm³/mol. The summed E-state index contributed by atoms with van der Waals surface area (Å²) >= 11 is 0. The molecule has 0 spiro atoms. The molecule has 4 rings (SSSR count). The quantitative estimate of drug-likeness (QED) is 0.819. The number of amides is 1. The Morgan fingerprint density at radius 3 is 2.75 bits per heavy atom. The van der Waals surface area contributed by atoms with Gasteiger partial charge >= 0.3 is 0 Å². The lowest BCUT2D eigenvalue weighted by Crippen LogP contribution is -2.38. The highest BCUT2D eigenvalue weighted by atomic mass is 16.2. The molecule has 0 N–H and O–H groups in total. The van der Waals surface area contributed by atoms with Gasteiger partial charge < -0.3 is 9.80 Å². The molecular weight excluding hydrogens is 248 g/mol. The van der Waals surface area contributed by atoms with Gasteiger partial charge in [-0.25, -0.2) is 0 Å². The standard InChI is InChI=1S/C17H22N2O/c20-17(9-16-11-18-7-5-15(16)10-18)19-8-6-13-3-1-2-4-14(13)12-19/h1-4,15-16H,5-12H2/t15?,16-/m1/s1. The number of hydrogen-bond donors (Lipinski definition) is 0. The molecule has 0 radical (unpaired) electrons. The molecule has 3 heterocycles. The molecule has 2 fully saturated rings. The van der Waals surface area contributed by atoms with Crippen LogP contribution in [0.3, 0.4) is 0 Å². The van der Waals surface area contributed by atoms with E-state index in [2.05, 4.69) is 34.1 Å². The second-order valence-electron chi connectivity index (χ2n) is 6.61. The highest BCUT2D eigenvalue weighted by Crippen LogP contribution is 2.35. The van der Waals surface area contributed by atoms with Gasteiger partial charge in [0.2, 0.25) is 5.91 Å². The van der Waals surface area contributed by atoms with Gasteiger partial charge in [0.05, 0.1) is 0 Å². The zero-order valence-corrected chi connectivity index (χ0v) is 11.9. The van der Waals surface area contributed by atoms with Crippen LogP contribution in [0.15, 0.2) is 24.3 Å². The van der Waals surface area contributed by atoms with Crippen LogP contribution in [0.2, 0.25) is 0 Å². The van der Waals surface area contributed by atoms with Gasteiger partial charge in [0, 0.05) is 32.6 Å². The van der Waals surface area contributed by atoms with E-state index < -0.39 is 0 Å². The zero-order chi connectivity index (χ0) is 13.5. The van der Waals surface area contributed by atoms with E-state index in [0.717, 1.165) is 38.4 Å². The monoisotopic (exact) mass is 270 g/mol. The summed E-state index contributed by atoms with van der Waals surface area (Å²) in [7, 11) is 0. The molecule has 0 aliphatic carbocycles. The maximum absolute atomic E-state index is 12.5. The van der Waals surface area contributed by atoms with E-state index in [4.69, 9.17) is 0 Å². The van der Waals surface area contributed by atoms with Crippen molar-refractivity contribution in [3.05, 3.63) is 35.4 Å². The minimum absolute atomic E-state index is 0.373. The molecule has 1 amide bonds. The van der Waals surface area contributed by atoms with E-state index in [9.17, 15) is 4.79 Å². The van der Waals surface area contributed by atoms with E-state index in [-0.39, 0.29) is 0 Å². The van der Waals surface area contributed by atoms with Crippen molar-refractivity contribution in [2.75, 3.05) is 26.2 Å². The van der Waals surface area contributed by atoms with Crippen molar-refractivity contribution in [1.29, 1.82) is 0 Å². The number of carbonyl (C=O) groups is 1. The Labute approximate surface area is 120 Å². The molecule has 2 unspecified atom stereocenters. The Kier molecular flexibility index (Phi) is 3.03. The van der Waals surface area contributed by atoms with Gasteiger partial charge in [0.1, 0.15) is 0 Å². The van der Waals surface area contributed by atoms with Gasteiger partial charge in [-0.05, 0) is 42.3 Å². The van der Waals surface area contributed by atoms with Crippen LogP contribution in [-0.4, -0.2) is 41.9 Å². The van der Waals surface area contributed by atoms with Gasteiger partial charge in [-0.3, -0.25) is 4.79 Å². The summed E-state index contributed by atoms with van der Waals surface area (Å²) in [5.74, 6) is 1.78. The minimum Gasteiger partial charge on any atom is -0.338 e. The summed E-state index contributed by atoms with van der Waals surface area (Å²) in [6.45, 7) is 5.36. The van der Waals surface area contributed by atoms with Crippen LogP contribution in [0.25, 0.3) is 0 Å². The number of hydrogen-bond acceptors (Lipinski definition) is 2. The van der Waals surface area contributed by atoms with E-state index in [0.29, 0.717) is 11.8 Å². The molecule has 3 heteroatoms. The maximum atomic E-state index is 12.5. The number of benzene rings is 1. The van der Waals surface area contributed by atoms with Crippen molar-refractivity contribution < 1.29 is 4.79 Å². The molecule has 106 valence electrons. The fourth-order valence-electron chi connectivity index (χ4n) is 4.19. The van der Waals surface area contributed by atoms with Gasteiger partial charge in [0.15, 0.2) is 0 Å². The average molecular weight is 270 g/mol. The van der Waals surface area contributed by atoms with E-state index in [1.165, 1.54) is 30.6 Å². The second kappa shape index (κ2) is 4.88. The Bertz CT molecular complexity index is 527. The molecule has 2 bridgehead atoms. The summed E-state index contributed by atoms with van der Waals surface area (Å²) in [6.07, 6.45) is 3.09. The third-order valence-electron chi connectivity index (χ3n) is 5.39. The predicted octanol–water partition coefficient (Wildman–Crippen LogP) is 1.91. The largest absolute Gasteiger partial charge is 0.338 e. The first-order valence-corrected chi connectivity index (χ1v) is 7.86. The SMILES string of the molecule is O=C(C[C@@H]1CN2CCC1C2)N1CCc2ccccc2C1. The molecule has 0 aromatic heterocycles. The highest BCUT2D eigenvalue weighted by Gasteiger charge is 2.39. The van der Waals surface area contributed by atoms with Crippen molar-refractivity contribution in [3.63, 3.8) is 0 Å². The molecule has 3 aliphatic heterocycles. The molecular formula is C17H22N2O. The Morgan fingerprint density at radius 1 is 1.15 bits per heavy atom. The van der Waals surface area contributed by atoms with Gasteiger partial charge in [0.25, 0.3) is 0 Å². The van der Waals surface area contributed by atoms with Crippen molar-refractivity contribution in [3.8, 4) is 0 Å². The first-order valence-electron chi connectivity index (χ1n) is 7.86. The lowest BCUT2D eigenvalue weighted by atomic mass is 9.89. The Hall–Kier alpha value is -1.35. The average Bonchev–Trinajstić information content (AvgIpc) is 3.09. The topological polar surface area (TPSA) is 23.6 Å². The molecule has 1 aromatic carbocycles. The van der Waals surface area contributed by atoms with Crippen molar-refractivity contribution in [2.24, 2.45) is 11.8 Å². The smallest absolute Gasteiger partial charge is 0.223 e. The van der Waals surface area contributed by atoms with E-state index in [1.54, 1.807) is 0 Å². The number of fused-ring (bicyclic) bond motifs is 3. The fourth-order valence-corrected chi connectivity index (χ4v) is 4.19. The fraction of sp³-hybridized carbons (Fsp3) is 0.588. The lowest BCUT2D eigenvalue weighted by molar-refractivity contribution is -0.133. The number of rotatable bonds is 2. The van der Waals surface area contributed by atoms with Crippen molar-refractivity contribution >= 4 is 5.91 Å². The number of piperidine rings is 1. The number of nitrogens with zero attached hydrogens (tertiary/aromatic N) is 2. The van der Waals surface area contributed by atoms with Gasteiger partial charge in [-0.15, -0.1) is 0 Å². The first kappa shape index (κ1) is 12.4. The van der Waals surface area contributed by atoms with Crippen LogP contribution in [0.5, 0.6) is 0 Å². The lowest BCUT2D eigenvalue weighted by Gasteiger charge is -2.31. The van der Waals surface area contributed by atoms with Gasteiger partial charge in [-0.2, -0.15) is 0 Å². The number of carbonyl (C=O) groups excluding carboxylic acids is 1. The first-order chi connectivity index (χ1) is 9.79. The summed E-state index contributed by atoms with van der Waals surface area (Å²) in [6, 6.07) is 8.54. The highest BCUT2D eigenvalue weighted by molar-refractivity contribution is 5.77. The Morgan fingerprint density at radius 2 is 2.00 bits per heavy atom. The summed E-state index contributed by atoms with van der Waals surface area (Å²) in [5, 5.41) is 0. The van der Waals surface area contributed by atoms with Crippen LogP contribution in [0.1, 0.15) is 24.0 Å².